The van der Waals surface area contributed by atoms with E-state index in [1.807, 2.05) is 37.3 Å². The van der Waals surface area contributed by atoms with Gasteiger partial charge in [-0.2, -0.15) is 4.31 Å². The molecule has 0 unspecified atom stereocenters. The van der Waals surface area contributed by atoms with E-state index in [1.54, 1.807) is 16.4 Å². The van der Waals surface area contributed by atoms with Crippen LogP contribution in [0.4, 0.5) is 0 Å². The van der Waals surface area contributed by atoms with Crippen LogP contribution in [0.1, 0.15) is 24.0 Å². The molecule has 0 spiro atoms. The van der Waals surface area contributed by atoms with Gasteiger partial charge < -0.3 is 5.32 Å². The highest BCUT2D eigenvalue weighted by Gasteiger charge is 2.28. The number of nitrogens with one attached hydrogen (secondary N) is 1. The molecule has 0 aliphatic carbocycles. The van der Waals surface area contributed by atoms with Crippen molar-refractivity contribution in [2.75, 3.05) is 39.3 Å². The number of sulfonamides is 1. The summed E-state index contributed by atoms with van der Waals surface area (Å²) in [6.45, 7) is 5.57. The summed E-state index contributed by atoms with van der Waals surface area (Å²) in [4.78, 5) is 14.6. The molecule has 0 bridgehead atoms. The monoisotopic (exact) mass is 429 g/mol. The Morgan fingerprint density at radius 2 is 1.63 bits per heavy atom. The van der Waals surface area contributed by atoms with Crippen molar-refractivity contribution in [3.05, 3.63) is 65.7 Å². The second-order valence-corrected chi connectivity index (χ2v) is 9.69. The minimum atomic E-state index is -3.43. The first kappa shape index (κ1) is 22.5. The molecule has 2 aromatic carbocycles. The second-order valence-electron chi connectivity index (χ2n) is 7.75. The maximum Gasteiger partial charge on any atom is 0.243 e. The van der Waals surface area contributed by atoms with Crippen molar-refractivity contribution < 1.29 is 13.2 Å². The van der Waals surface area contributed by atoms with Gasteiger partial charge in [-0.05, 0) is 37.5 Å². The predicted molar refractivity (Wildman–Crippen MR) is 119 cm³/mol. The molecule has 1 N–H and O–H groups in total. The Balaban J connectivity index is 1.34. The normalized spacial score (nSPS) is 15.8. The van der Waals surface area contributed by atoms with Crippen molar-refractivity contribution >= 4 is 15.9 Å². The third-order valence-corrected chi connectivity index (χ3v) is 7.37. The van der Waals surface area contributed by atoms with Crippen molar-refractivity contribution in [2.24, 2.45) is 0 Å². The Labute approximate surface area is 179 Å². The smallest absolute Gasteiger partial charge is 0.243 e. The molecule has 1 fully saturated rings. The zero-order valence-corrected chi connectivity index (χ0v) is 18.4. The summed E-state index contributed by atoms with van der Waals surface area (Å²) in [6.07, 6.45) is 2.27. The Kier molecular flexibility index (Phi) is 8.01. The third kappa shape index (κ3) is 6.39. The van der Waals surface area contributed by atoms with E-state index >= 15 is 0 Å². The van der Waals surface area contributed by atoms with Crippen molar-refractivity contribution in [2.45, 2.75) is 31.1 Å². The number of amides is 1. The second kappa shape index (κ2) is 10.7. The van der Waals surface area contributed by atoms with Crippen LogP contribution < -0.4 is 5.32 Å². The molecule has 1 saturated heterocycles. The summed E-state index contributed by atoms with van der Waals surface area (Å²) in [5.74, 6) is 0.0755. The molecule has 7 heteroatoms. The van der Waals surface area contributed by atoms with E-state index in [9.17, 15) is 13.2 Å². The number of aryl methyl sites for hydroxylation is 2. The number of hydrogen-bond acceptors (Lipinski definition) is 4. The number of carbonyl (C=O) groups is 1. The van der Waals surface area contributed by atoms with Crippen LogP contribution in [0.25, 0.3) is 0 Å². The number of nitrogens with zero attached hydrogens (tertiary/aromatic N) is 2. The number of piperazine rings is 1. The average Bonchev–Trinajstić information content (AvgIpc) is 2.75. The molecule has 0 aromatic heterocycles. The van der Waals surface area contributed by atoms with Gasteiger partial charge in [-0.15, -0.1) is 0 Å². The molecular formula is C23H31N3O3S. The van der Waals surface area contributed by atoms with Gasteiger partial charge in [0.2, 0.25) is 15.9 Å². The van der Waals surface area contributed by atoms with Gasteiger partial charge in [-0.1, -0.05) is 48.0 Å². The standard InChI is InChI=1S/C23H31N3O3S/c1-20-10-12-22(13-11-20)30(28,29)26-18-16-25(17-19-26)15-14-24-23(27)9-5-8-21-6-3-2-4-7-21/h2-4,6-7,10-13H,5,8-9,14-19H2,1H3,(H,24,27). The van der Waals surface area contributed by atoms with Gasteiger partial charge in [-0.25, -0.2) is 8.42 Å². The van der Waals surface area contributed by atoms with Crippen molar-refractivity contribution in [1.29, 1.82) is 0 Å². The molecule has 1 amide bonds. The lowest BCUT2D eigenvalue weighted by atomic mass is 10.1. The summed E-state index contributed by atoms with van der Waals surface area (Å²) in [6, 6.07) is 17.2. The van der Waals surface area contributed by atoms with E-state index in [0.717, 1.165) is 24.9 Å². The lowest BCUT2D eigenvalue weighted by Crippen LogP contribution is -2.50. The van der Waals surface area contributed by atoms with E-state index < -0.39 is 10.0 Å². The minimum absolute atomic E-state index is 0.0755. The van der Waals surface area contributed by atoms with Crippen molar-refractivity contribution in [3.8, 4) is 0 Å². The van der Waals surface area contributed by atoms with E-state index in [2.05, 4.69) is 22.3 Å². The first-order valence-corrected chi connectivity index (χ1v) is 12.0. The van der Waals surface area contributed by atoms with E-state index in [1.165, 1.54) is 5.56 Å². The van der Waals surface area contributed by atoms with Crippen LogP contribution in [-0.4, -0.2) is 62.8 Å². The van der Waals surface area contributed by atoms with Crippen LogP contribution in [0, 0.1) is 6.92 Å². The summed E-state index contributed by atoms with van der Waals surface area (Å²) >= 11 is 0. The first-order valence-electron chi connectivity index (χ1n) is 10.5. The fraction of sp³-hybridized carbons (Fsp3) is 0.435. The molecule has 1 aliphatic rings. The highest BCUT2D eigenvalue weighted by molar-refractivity contribution is 7.89. The van der Waals surface area contributed by atoms with Crippen molar-refractivity contribution in [3.63, 3.8) is 0 Å². The summed E-state index contributed by atoms with van der Waals surface area (Å²) in [5, 5.41) is 2.98. The van der Waals surface area contributed by atoms with Gasteiger partial charge in [0.25, 0.3) is 0 Å². The fourth-order valence-electron chi connectivity index (χ4n) is 3.59. The molecule has 162 valence electrons. The van der Waals surface area contributed by atoms with Gasteiger partial charge in [-0.3, -0.25) is 9.69 Å². The summed E-state index contributed by atoms with van der Waals surface area (Å²) in [7, 11) is -3.43. The van der Waals surface area contributed by atoms with Crippen LogP contribution in [0.3, 0.4) is 0 Å². The van der Waals surface area contributed by atoms with Crippen LogP contribution in [0.2, 0.25) is 0 Å². The number of carbonyl (C=O) groups excluding carboxylic acids is 1. The summed E-state index contributed by atoms with van der Waals surface area (Å²) in [5.41, 5.74) is 2.30. The molecule has 0 radical (unpaired) electrons. The Morgan fingerprint density at radius 3 is 2.30 bits per heavy atom. The Bertz CT molecular complexity index is 906. The predicted octanol–water partition coefficient (Wildman–Crippen LogP) is 2.44. The van der Waals surface area contributed by atoms with E-state index in [-0.39, 0.29) is 5.91 Å². The molecule has 3 rings (SSSR count). The molecule has 6 nitrogen and oxygen atoms in total. The lowest BCUT2D eigenvalue weighted by molar-refractivity contribution is -0.121. The topological polar surface area (TPSA) is 69.7 Å². The molecule has 1 aliphatic heterocycles. The van der Waals surface area contributed by atoms with Crippen LogP contribution in [0.5, 0.6) is 0 Å². The van der Waals surface area contributed by atoms with Gasteiger partial charge in [0.15, 0.2) is 0 Å². The molecule has 2 aromatic rings. The molecule has 0 saturated carbocycles. The largest absolute Gasteiger partial charge is 0.355 e. The van der Waals surface area contributed by atoms with Gasteiger partial charge >= 0.3 is 0 Å². The minimum Gasteiger partial charge on any atom is -0.355 e. The maximum absolute atomic E-state index is 12.8. The van der Waals surface area contributed by atoms with Crippen molar-refractivity contribution in [1.82, 2.24) is 14.5 Å². The van der Waals surface area contributed by atoms with Crippen LogP contribution >= 0.6 is 0 Å². The van der Waals surface area contributed by atoms with Gasteiger partial charge in [0.05, 0.1) is 4.90 Å². The van der Waals surface area contributed by atoms with E-state index in [4.69, 9.17) is 0 Å². The van der Waals surface area contributed by atoms with Gasteiger partial charge in [0.1, 0.15) is 0 Å². The first-order chi connectivity index (χ1) is 14.4. The quantitative estimate of drug-likeness (QED) is 0.665. The van der Waals surface area contributed by atoms with Gasteiger partial charge in [0, 0.05) is 45.7 Å². The Hall–Kier alpha value is -2.22. The highest BCUT2D eigenvalue weighted by Crippen LogP contribution is 2.18. The summed E-state index contributed by atoms with van der Waals surface area (Å²) < 4.78 is 27.1. The third-order valence-electron chi connectivity index (χ3n) is 5.45. The Morgan fingerprint density at radius 1 is 0.967 bits per heavy atom. The molecular weight excluding hydrogens is 398 g/mol. The molecule has 0 atom stereocenters. The SMILES string of the molecule is Cc1ccc(S(=O)(=O)N2CCN(CCNC(=O)CCCc3ccccc3)CC2)cc1. The molecule has 1 heterocycles. The average molecular weight is 430 g/mol. The van der Waals surface area contributed by atoms with Crippen LogP contribution in [-0.2, 0) is 21.2 Å². The fourth-order valence-corrected chi connectivity index (χ4v) is 5.01. The maximum atomic E-state index is 12.8. The zero-order valence-electron chi connectivity index (χ0n) is 17.6. The number of benzene rings is 2. The highest BCUT2D eigenvalue weighted by atomic mass is 32.2. The van der Waals surface area contributed by atoms with E-state index in [0.29, 0.717) is 44.0 Å². The lowest BCUT2D eigenvalue weighted by Gasteiger charge is -2.34. The van der Waals surface area contributed by atoms with Crippen LogP contribution in [0.15, 0.2) is 59.5 Å². The molecule has 30 heavy (non-hydrogen) atoms. The number of rotatable bonds is 9. The zero-order chi connectivity index (χ0) is 21.4. The number of hydrogen-bond donors (Lipinski definition) is 1.